The molecule has 1 aromatic carbocycles. The van der Waals surface area contributed by atoms with Crippen molar-refractivity contribution >= 4 is 17.8 Å². The van der Waals surface area contributed by atoms with E-state index in [9.17, 15) is 14.4 Å². The van der Waals surface area contributed by atoms with Gasteiger partial charge in [0.2, 0.25) is 5.91 Å². The Bertz CT molecular complexity index is 1040. The zero-order valence-corrected chi connectivity index (χ0v) is 19.0. The molecule has 4 aliphatic heterocycles. The van der Waals surface area contributed by atoms with Crippen molar-refractivity contribution in [2.75, 3.05) is 26.2 Å². The number of rotatable bonds is 4. The first-order valence-electron chi connectivity index (χ1n) is 11.5. The van der Waals surface area contributed by atoms with Crippen molar-refractivity contribution in [3.8, 4) is 0 Å². The van der Waals surface area contributed by atoms with E-state index in [2.05, 4.69) is 18.7 Å². The Kier molecular flexibility index (Phi) is 5.12. The van der Waals surface area contributed by atoms with E-state index < -0.39 is 0 Å². The molecule has 4 aliphatic rings. The van der Waals surface area contributed by atoms with Crippen molar-refractivity contribution in [2.24, 2.45) is 5.41 Å². The Labute approximate surface area is 188 Å². The Morgan fingerprint density at radius 2 is 1.75 bits per heavy atom. The first-order valence-corrected chi connectivity index (χ1v) is 11.5. The molecule has 1 amide bonds. The minimum atomic E-state index is -0.323. The molecule has 2 fully saturated rings. The minimum Gasteiger partial charge on any atom is -0.457 e. The normalized spacial score (nSPS) is 25.0. The number of fused-ring (bicyclic) bond motifs is 1. The van der Waals surface area contributed by atoms with Gasteiger partial charge in [0.15, 0.2) is 0 Å². The largest absolute Gasteiger partial charge is 0.457 e. The van der Waals surface area contributed by atoms with Crippen LogP contribution < -0.4 is 0 Å². The molecule has 2 saturated heterocycles. The van der Waals surface area contributed by atoms with Gasteiger partial charge in [-0.25, -0.2) is 9.59 Å². The summed E-state index contributed by atoms with van der Waals surface area (Å²) in [6, 6.07) is 4.03. The van der Waals surface area contributed by atoms with E-state index in [-0.39, 0.29) is 35.9 Å². The van der Waals surface area contributed by atoms with Gasteiger partial charge in [0.1, 0.15) is 13.2 Å². The van der Waals surface area contributed by atoms with Crippen LogP contribution in [0.3, 0.4) is 0 Å². The number of hydrogen-bond acceptors (Lipinski definition) is 6. The molecule has 0 radical (unpaired) electrons. The fraction of sp³-hybridized carbons (Fsp3) is 0.560. The molecule has 0 aromatic heterocycles. The van der Waals surface area contributed by atoms with Crippen LogP contribution in [-0.4, -0.2) is 59.9 Å². The minimum absolute atomic E-state index is 0.0903. The number of benzene rings is 1. The zero-order valence-electron chi connectivity index (χ0n) is 19.0. The summed E-state index contributed by atoms with van der Waals surface area (Å²) in [5, 5.41) is 0. The fourth-order valence-electron chi connectivity index (χ4n) is 5.88. The van der Waals surface area contributed by atoms with Gasteiger partial charge in [0.25, 0.3) is 0 Å². The highest BCUT2D eigenvalue weighted by molar-refractivity contribution is 5.95. The molecular weight excluding hydrogens is 408 g/mol. The van der Waals surface area contributed by atoms with Crippen LogP contribution in [0.15, 0.2) is 23.4 Å². The smallest absolute Gasteiger partial charge is 0.338 e. The highest BCUT2D eigenvalue weighted by Gasteiger charge is 2.53. The number of carbonyl (C=O) groups is 3. The third kappa shape index (κ3) is 3.25. The van der Waals surface area contributed by atoms with Crippen molar-refractivity contribution in [2.45, 2.75) is 59.1 Å². The van der Waals surface area contributed by atoms with Gasteiger partial charge < -0.3 is 19.3 Å². The number of esters is 2. The summed E-state index contributed by atoms with van der Waals surface area (Å²) in [4.78, 5) is 41.3. The number of piperidine rings is 1. The van der Waals surface area contributed by atoms with E-state index in [0.717, 1.165) is 62.1 Å². The molecule has 32 heavy (non-hydrogen) atoms. The Balaban J connectivity index is 1.22. The molecule has 1 spiro atoms. The van der Waals surface area contributed by atoms with Gasteiger partial charge in [-0.05, 0) is 76.7 Å². The lowest BCUT2D eigenvalue weighted by molar-refractivity contribution is -0.139. The van der Waals surface area contributed by atoms with Crippen LogP contribution in [0.25, 0.3) is 0 Å². The van der Waals surface area contributed by atoms with Gasteiger partial charge in [-0.1, -0.05) is 6.07 Å². The molecular formula is C25H30N2O5. The van der Waals surface area contributed by atoms with Crippen LogP contribution >= 0.6 is 0 Å². The molecule has 1 unspecified atom stereocenters. The second-order valence-corrected chi connectivity index (χ2v) is 9.70. The van der Waals surface area contributed by atoms with Crippen LogP contribution in [0.1, 0.15) is 60.2 Å². The van der Waals surface area contributed by atoms with Gasteiger partial charge in [-0.2, -0.15) is 0 Å². The van der Waals surface area contributed by atoms with E-state index >= 15 is 0 Å². The maximum Gasteiger partial charge on any atom is 0.338 e. The van der Waals surface area contributed by atoms with Crippen LogP contribution in [0.2, 0.25) is 0 Å². The molecule has 0 N–H and O–H groups in total. The third-order valence-corrected chi connectivity index (χ3v) is 7.96. The van der Waals surface area contributed by atoms with Crippen molar-refractivity contribution in [3.05, 3.63) is 45.7 Å². The standard InChI is InChI=1S/C25H30N2O5/c1-15-12-25(24(30)27(15)21-14-32-22(28)17(21)3)7-10-26(11-8-25)9-6-18-4-5-19-20(16(18)2)13-31-23(19)29/h4-5,15H,6-14H2,1-3H3. The predicted molar refractivity (Wildman–Crippen MR) is 117 cm³/mol. The number of nitrogens with zero attached hydrogens (tertiary/aromatic N) is 2. The lowest BCUT2D eigenvalue weighted by Crippen LogP contribution is -2.45. The molecule has 5 rings (SSSR count). The van der Waals surface area contributed by atoms with E-state index in [1.165, 1.54) is 5.56 Å². The summed E-state index contributed by atoms with van der Waals surface area (Å²) in [6.45, 7) is 9.21. The van der Waals surface area contributed by atoms with E-state index in [1.54, 1.807) is 6.92 Å². The monoisotopic (exact) mass is 438 g/mol. The maximum atomic E-state index is 13.5. The molecule has 7 nitrogen and oxygen atoms in total. The highest BCUT2D eigenvalue weighted by atomic mass is 16.5. The molecule has 4 heterocycles. The summed E-state index contributed by atoms with van der Waals surface area (Å²) >= 11 is 0. The summed E-state index contributed by atoms with van der Waals surface area (Å²) in [5.74, 6) is -0.370. The van der Waals surface area contributed by atoms with Crippen molar-refractivity contribution in [1.29, 1.82) is 0 Å². The Morgan fingerprint density at radius 1 is 1.03 bits per heavy atom. The first kappa shape index (κ1) is 21.2. The average Bonchev–Trinajstić information content (AvgIpc) is 3.39. The lowest BCUT2D eigenvalue weighted by atomic mass is 9.76. The summed E-state index contributed by atoms with van der Waals surface area (Å²) in [5.41, 5.74) is 5.13. The van der Waals surface area contributed by atoms with Crippen molar-refractivity contribution in [1.82, 2.24) is 9.80 Å². The second-order valence-electron chi connectivity index (χ2n) is 9.70. The van der Waals surface area contributed by atoms with Gasteiger partial charge in [-0.3, -0.25) is 4.79 Å². The SMILES string of the molecule is CC1=C(N2C(=O)C3(CCN(CCc4ccc5c(c4C)COC5=O)CC3)CC2C)COC1=O. The van der Waals surface area contributed by atoms with Crippen LogP contribution in [0.4, 0.5) is 0 Å². The number of likely N-dealkylation sites (tertiary alicyclic amines) is 2. The average molecular weight is 439 g/mol. The predicted octanol–water partition coefficient (Wildman–Crippen LogP) is 2.74. The molecule has 0 saturated carbocycles. The number of carbonyl (C=O) groups excluding carboxylic acids is 3. The molecule has 0 aliphatic carbocycles. The number of amides is 1. The van der Waals surface area contributed by atoms with Gasteiger partial charge >= 0.3 is 11.9 Å². The van der Waals surface area contributed by atoms with E-state index in [4.69, 9.17) is 9.47 Å². The molecule has 170 valence electrons. The van der Waals surface area contributed by atoms with Crippen molar-refractivity contribution < 1.29 is 23.9 Å². The first-order chi connectivity index (χ1) is 15.3. The lowest BCUT2D eigenvalue weighted by Gasteiger charge is -2.38. The summed E-state index contributed by atoms with van der Waals surface area (Å²) < 4.78 is 10.3. The maximum absolute atomic E-state index is 13.5. The Morgan fingerprint density at radius 3 is 2.44 bits per heavy atom. The zero-order chi connectivity index (χ0) is 22.6. The van der Waals surface area contributed by atoms with E-state index in [1.807, 2.05) is 17.0 Å². The second kappa shape index (κ2) is 7.73. The highest BCUT2D eigenvalue weighted by Crippen LogP contribution is 2.46. The van der Waals surface area contributed by atoms with Crippen LogP contribution in [0, 0.1) is 12.3 Å². The Hall–Kier alpha value is -2.67. The fourth-order valence-corrected chi connectivity index (χ4v) is 5.88. The number of hydrogen-bond donors (Lipinski definition) is 0. The van der Waals surface area contributed by atoms with E-state index in [0.29, 0.717) is 17.7 Å². The molecule has 0 bridgehead atoms. The van der Waals surface area contributed by atoms with Gasteiger partial charge in [0, 0.05) is 18.2 Å². The quantitative estimate of drug-likeness (QED) is 0.673. The van der Waals surface area contributed by atoms with Crippen LogP contribution in [0.5, 0.6) is 0 Å². The molecule has 7 heteroatoms. The van der Waals surface area contributed by atoms with Crippen LogP contribution in [-0.2, 0) is 32.1 Å². The van der Waals surface area contributed by atoms with Crippen molar-refractivity contribution in [3.63, 3.8) is 0 Å². The third-order valence-electron chi connectivity index (χ3n) is 7.96. The van der Waals surface area contributed by atoms with Gasteiger partial charge in [-0.15, -0.1) is 0 Å². The summed E-state index contributed by atoms with van der Waals surface area (Å²) in [7, 11) is 0. The topological polar surface area (TPSA) is 76.2 Å². The number of cyclic esters (lactones) is 2. The molecule has 1 atom stereocenters. The molecule has 1 aromatic rings. The summed E-state index contributed by atoms with van der Waals surface area (Å²) in [6.07, 6.45) is 3.45. The van der Waals surface area contributed by atoms with Gasteiger partial charge in [0.05, 0.1) is 22.2 Å². The number of ether oxygens (including phenoxy) is 2.